The van der Waals surface area contributed by atoms with Gasteiger partial charge in [0.05, 0.1) is 18.8 Å². The number of morpholine rings is 1. The number of hydrogen-bond acceptors (Lipinski definition) is 4. The Morgan fingerprint density at radius 3 is 2.23 bits per heavy atom. The summed E-state index contributed by atoms with van der Waals surface area (Å²) in [4.78, 5) is 29.0. The van der Waals surface area contributed by atoms with Gasteiger partial charge in [0.2, 0.25) is 0 Å². The first-order valence-corrected chi connectivity index (χ1v) is 9.45. The molecule has 0 N–H and O–H groups in total. The van der Waals surface area contributed by atoms with Gasteiger partial charge in [0, 0.05) is 35.5 Å². The number of carbonyl (C=O) groups is 2. The second-order valence-electron chi connectivity index (χ2n) is 7.29. The van der Waals surface area contributed by atoms with E-state index in [2.05, 4.69) is 11.0 Å². The number of benzene rings is 2. The van der Waals surface area contributed by atoms with E-state index in [1.54, 1.807) is 12.1 Å². The Balaban J connectivity index is 1.78. The van der Waals surface area contributed by atoms with Crippen LogP contribution in [0.5, 0.6) is 0 Å². The highest BCUT2D eigenvalue weighted by Gasteiger charge is 2.36. The van der Waals surface area contributed by atoms with E-state index in [9.17, 15) is 9.59 Å². The van der Waals surface area contributed by atoms with Crippen molar-refractivity contribution < 1.29 is 14.3 Å². The Bertz CT molecular complexity index is 925. The first kappa shape index (κ1) is 15.8. The van der Waals surface area contributed by atoms with Gasteiger partial charge in [-0.3, -0.25) is 9.59 Å². The van der Waals surface area contributed by atoms with Crippen molar-refractivity contribution in [2.45, 2.75) is 25.7 Å². The maximum Gasteiger partial charge on any atom is 0.196 e. The van der Waals surface area contributed by atoms with Crippen LogP contribution in [0.2, 0.25) is 0 Å². The van der Waals surface area contributed by atoms with E-state index in [4.69, 9.17) is 4.74 Å². The monoisotopic (exact) mass is 347 g/mol. The Labute approximate surface area is 152 Å². The number of nitrogens with zero attached hydrogens (tertiary/aromatic N) is 1. The molecular weight excluding hydrogens is 326 g/mol. The molecule has 3 aliphatic rings. The van der Waals surface area contributed by atoms with Crippen LogP contribution in [0.25, 0.3) is 0 Å². The van der Waals surface area contributed by atoms with Gasteiger partial charge in [-0.2, -0.15) is 0 Å². The molecule has 0 saturated carbocycles. The topological polar surface area (TPSA) is 46.6 Å². The highest BCUT2D eigenvalue weighted by Crippen LogP contribution is 2.40. The molecule has 2 aromatic carbocycles. The van der Waals surface area contributed by atoms with Crippen LogP contribution in [0.1, 0.15) is 55.8 Å². The lowest BCUT2D eigenvalue weighted by atomic mass is 9.76. The third kappa shape index (κ3) is 2.25. The van der Waals surface area contributed by atoms with Crippen molar-refractivity contribution >= 4 is 17.3 Å². The summed E-state index contributed by atoms with van der Waals surface area (Å²) in [6.07, 6.45) is 4.11. The largest absolute Gasteiger partial charge is 0.378 e. The predicted octanol–water partition coefficient (Wildman–Crippen LogP) is 3.18. The number of fused-ring (bicyclic) bond motifs is 4. The van der Waals surface area contributed by atoms with Crippen LogP contribution in [0, 0.1) is 0 Å². The molecule has 0 atom stereocenters. The summed E-state index contributed by atoms with van der Waals surface area (Å²) in [5.41, 5.74) is 5.67. The number of hydrogen-bond donors (Lipinski definition) is 0. The molecule has 1 aliphatic heterocycles. The number of aryl methyl sites for hydroxylation is 1. The van der Waals surface area contributed by atoms with Crippen LogP contribution in [-0.2, 0) is 17.6 Å². The quantitative estimate of drug-likeness (QED) is 0.678. The molecule has 0 aromatic heterocycles. The van der Waals surface area contributed by atoms with Crippen molar-refractivity contribution in [2.24, 2.45) is 0 Å². The molecule has 0 bridgehead atoms. The second kappa shape index (κ2) is 6.06. The average Bonchev–Trinajstić information content (AvgIpc) is 2.71. The minimum Gasteiger partial charge on any atom is -0.378 e. The number of ether oxygens (including phenoxy) is 1. The van der Waals surface area contributed by atoms with Gasteiger partial charge in [-0.05, 0) is 42.9 Å². The van der Waals surface area contributed by atoms with Gasteiger partial charge >= 0.3 is 0 Å². The molecule has 4 nitrogen and oxygen atoms in total. The first-order chi connectivity index (χ1) is 12.8. The van der Waals surface area contributed by atoms with Crippen LogP contribution in [0.4, 0.5) is 5.69 Å². The summed E-state index contributed by atoms with van der Waals surface area (Å²) in [5.74, 6) is 0.00789. The Kier molecular flexibility index (Phi) is 3.68. The lowest BCUT2D eigenvalue weighted by molar-refractivity contribution is 0.0977. The van der Waals surface area contributed by atoms with Crippen molar-refractivity contribution in [3.63, 3.8) is 0 Å². The fraction of sp³-hybridized carbons (Fsp3) is 0.364. The van der Waals surface area contributed by atoms with Crippen LogP contribution < -0.4 is 4.90 Å². The summed E-state index contributed by atoms with van der Waals surface area (Å²) < 4.78 is 5.49. The Morgan fingerprint density at radius 1 is 0.846 bits per heavy atom. The second-order valence-corrected chi connectivity index (χ2v) is 7.29. The zero-order valence-electron chi connectivity index (χ0n) is 14.7. The van der Waals surface area contributed by atoms with E-state index in [0.29, 0.717) is 35.5 Å². The van der Waals surface area contributed by atoms with E-state index >= 15 is 0 Å². The Hall–Kier alpha value is -2.46. The van der Waals surface area contributed by atoms with Crippen LogP contribution in [-0.4, -0.2) is 37.9 Å². The molecule has 2 aromatic rings. The number of carbonyl (C=O) groups excluding carboxylic acids is 2. The van der Waals surface area contributed by atoms with Crippen molar-refractivity contribution in [3.05, 3.63) is 63.7 Å². The Morgan fingerprint density at radius 2 is 1.50 bits per heavy atom. The fourth-order valence-corrected chi connectivity index (χ4v) is 4.57. The SMILES string of the molecule is O=C1c2ccccc2C(=O)c2c3c(cc(N4CCOCC4)c21)CCCC3. The smallest absolute Gasteiger partial charge is 0.196 e. The standard InChI is InChI=1S/C22H21NO3/c24-21-16-7-3-4-8-17(16)22(25)20-18(23-9-11-26-12-10-23)13-14-5-1-2-6-15(14)19(20)21/h3-4,7-8,13H,1-2,5-6,9-12H2. The maximum atomic E-state index is 13.4. The van der Waals surface area contributed by atoms with Gasteiger partial charge in [-0.15, -0.1) is 0 Å². The molecule has 1 saturated heterocycles. The van der Waals surface area contributed by atoms with E-state index < -0.39 is 0 Å². The maximum absolute atomic E-state index is 13.4. The van der Waals surface area contributed by atoms with Crippen molar-refractivity contribution in [1.29, 1.82) is 0 Å². The fourth-order valence-electron chi connectivity index (χ4n) is 4.57. The van der Waals surface area contributed by atoms with Crippen molar-refractivity contribution in [3.8, 4) is 0 Å². The molecular formula is C22H21NO3. The van der Waals surface area contributed by atoms with E-state index in [0.717, 1.165) is 50.0 Å². The summed E-state index contributed by atoms with van der Waals surface area (Å²) in [6.45, 7) is 2.83. The van der Waals surface area contributed by atoms with Crippen LogP contribution >= 0.6 is 0 Å². The third-order valence-electron chi connectivity index (χ3n) is 5.85. The highest BCUT2D eigenvalue weighted by atomic mass is 16.5. The summed E-state index contributed by atoms with van der Waals surface area (Å²) in [6, 6.07) is 9.42. The van der Waals surface area contributed by atoms with Gasteiger partial charge in [-0.1, -0.05) is 24.3 Å². The molecule has 26 heavy (non-hydrogen) atoms. The van der Waals surface area contributed by atoms with Gasteiger partial charge in [0.1, 0.15) is 0 Å². The molecule has 132 valence electrons. The number of rotatable bonds is 1. The van der Waals surface area contributed by atoms with Crippen molar-refractivity contribution in [1.82, 2.24) is 0 Å². The van der Waals surface area contributed by atoms with Gasteiger partial charge < -0.3 is 9.64 Å². The molecule has 0 spiro atoms. The molecule has 5 rings (SSSR count). The molecule has 4 heteroatoms. The summed E-state index contributed by atoms with van der Waals surface area (Å²) >= 11 is 0. The summed E-state index contributed by atoms with van der Waals surface area (Å²) in [5, 5.41) is 0. The number of ketones is 2. The molecule has 0 amide bonds. The molecule has 2 aliphatic carbocycles. The average molecular weight is 347 g/mol. The van der Waals surface area contributed by atoms with Crippen LogP contribution in [0.3, 0.4) is 0 Å². The summed E-state index contributed by atoms with van der Waals surface area (Å²) in [7, 11) is 0. The first-order valence-electron chi connectivity index (χ1n) is 9.45. The molecule has 1 heterocycles. The highest BCUT2D eigenvalue weighted by molar-refractivity contribution is 6.30. The minimum absolute atomic E-state index is 0.00920. The van der Waals surface area contributed by atoms with Crippen LogP contribution in [0.15, 0.2) is 30.3 Å². The lowest BCUT2D eigenvalue weighted by Gasteiger charge is -2.34. The third-order valence-corrected chi connectivity index (χ3v) is 5.85. The zero-order valence-corrected chi connectivity index (χ0v) is 14.7. The van der Waals surface area contributed by atoms with E-state index in [1.165, 1.54) is 5.56 Å². The zero-order chi connectivity index (χ0) is 17.7. The van der Waals surface area contributed by atoms with Gasteiger partial charge in [-0.25, -0.2) is 0 Å². The number of anilines is 1. The lowest BCUT2D eigenvalue weighted by Crippen LogP contribution is -2.38. The normalized spacial score (nSPS) is 19.0. The van der Waals surface area contributed by atoms with Gasteiger partial charge in [0.15, 0.2) is 11.6 Å². The van der Waals surface area contributed by atoms with Gasteiger partial charge in [0.25, 0.3) is 0 Å². The molecule has 0 unspecified atom stereocenters. The molecule has 0 radical (unpaired) electrons. The molecule has 1 fully saturated rings. The van der Waals surface area contributed by atoms with Crippen molar-refractivity contribution in [2.75, 3.05) is 31.2 Å². The van der Waals surface area contributed by atoms with E-state index in [-0.39, 0.29) is 11.6 Å². The minimum atomic E-state index is -0.00920. The van der Waals surface area contributed by atoms with E-state index in [1.807, 2.05) is 12.1 Å². The predicted molar refractivity (Wildman–Crippen MR) is 99.4 cm³/mol.